The Kier molecular flexibility index (Phi) is 3.18. The molecule has 15 heavy (non-hydrogen) atoms. The van der Waals surface area contributed by atoms with E-state index in [1.165, 1.54) is 0 Å². The van der Waals surface area contributed by atoms with Gasteiger partial charge in [-0.25, -0.2) is 4.98 Å². The highest BCUT2D eigenvalue weighted by Crippen LogP contribution is 2.18. The highest BCUT2D eigenvalue weighted by Gasteiger charge is 2.17. The van der Waals surface area contributed by atoms with Crippen LogP contribution in [-0.4, -0.2) is 48.2 Å². The average molecular weight is 207 g/mol. The van der Waals surface area contributed by atoms with Crippen molar-refractivity contribution in [3.8, 4) is 0 Å². The lowest BCUT2D eigenvalue weighted by atomic mass is 10.2. The summed E-state index contributed by atoms with van der Waals surface area (Å²) in [6, 6.07) is 3.80. The Morgan fingerprint density at radius 3 is 2.73 bits per heavy atom. The number of piperazine rings is 1. The molecule has 4 heteroatoms. The Morgan fingerprint density at radius 2 is 2.07 bits per heavy atom. The van der Waals surface area contributed by atoms with Crippen LogP contribution >= 0.6 is 0 Å². The van der Waals surface area contributed by atoms with Gasteiger partial charge in [0.1, 0.15) is 5.82 Å². The number of pyridine rings is 1. The Morgan fingerprint density at radius 1 is 1.33 bits per heavy atom. The van der Waals surface area contributed by atoms with Crippen molar-refractivity contribution in [2.24, 2.45) is 0 Å². The van der Waals surface area contributed by atoms with Crippen molar-refractivity contribution in [3.63, 3.8) is 0 Å². The van der Waals surface area contributed by atoms with Crippen molar-refractivity contribution in [1.82, 2.24) is 9.88 Å². The molecule has 1 aromatic rings. The molecule has 1 aliphatic rings. The molecule has 1 fully saturated rings. The fourth-order valence-electron chi connectivity index (χ4n) is 1.86. The van der Waals surface area contributed by atoms with Crippen LogP contribution in [0, 0.1) is 0 Å². The Balaban J connectivity index is 2.15. The fraction of sp³-hybridized carbons (Fsp3) is 0.545. The summed E-state index contributed by atoms with van der Waals surface area (Å²) < 4.78 is 0. The number of rotatable bonds is 2. The van der Waals surface area contributed by atoms with Gasteiger partial charge in [-0.15, -0.1) is 0 Å². The molecule has 0 aromatic carbocycles. The normalized spacial score (nSPS) is 18.1. The first kappa shape index (κ1) is 10.4. The standard InChI is InChI=1S/C11H17N3O/c1-13-5-7-14(8-6-13)11-10(9-15)3-2-4-12-11/h2-4,15H,5-9H2,1H3. The second-order valence-corrected chi connectivity index (χ2v) is 3.93. The van der Waals surface area contributed by atoms with Gasteiger partial charge in [-0.1, -0.05) is 6.07 Å². The number of likely N-dealkylation sites (N-methyl/N-ethyl adjacent to an activating group) is 1. The van der Waals surface area contributed by atoms with Gasteiger partial charge in [0.25, 0.3) is 0 Å². The summed E-state index contributed by atoms with van der Waals surface area (Å²) in [6.07, 6.45) is 1.78. The van der Waals surface area contributed by atoms with E-state index >= 15 is 0 Å². The number of aliphatic hydroxyl groups is 1. The number of anilines is 1. The average Bonchev–Trinajstić information content (AvgIpc) is 2.30. The number of hydrogen-bond donors (Lipinski definition) is 1. The molecule has 1 N–H and O–H groups in total. The molecule has 0 unspecified atom stereocenters. The molecule has 0 aliphatic carbocycles. The molecule has 4 nitrogen and oxygen atoms in total. The lowest BCUT2D eigenvalue weighted by molar-refractivity contribution is 0.279. The molecular weight excluding hydrogens is 190 g/mol. The number of hydrogen-bond acceptors (Lipinski definition) is 4. The third-order valence-electron chi connectivity index (χ3n) is 2.84. The number of aliphatic hydroxyl groups excluding tert-OH is 1. The van der Waals surface area contributed by atoms with E-state index in [0.29, 0.717) is 0 Å². The van der Waals surface area contributed by atoms with Crippen molar-refractivity contribution >= 4 is 5.82 Å². The highest BCUT2D eigenvalue weighted by molar-refractivity contribution is 5.46. The molecule has 2 rings (SSSR count). The minimum Gasteiger partial charge on any atom is -0.392 e. The molecule has 2 heterocycles. The van der Waals surface area contributed by atoms with E-state index in [1.807, 2.05) is 12.1 Å². The van der Waals surface area contributed by atoms with Crippen molar-refractivity contribution < 1.29 is 5.11 Å². The van der Waals surface area contributed by atoms with Gasteiger partial charge in [0, 0.05) is 37.9 Å². The highest BCUT2D eigenvalue weighted by atomic mass is 16.3. The monoisotopic (exact) mass is 207 g/mol. The zero-order chi connectivity index (χ0) is 10.7. The first-order valence-electron chi connectivity index (χ1n) is 5.29. The molecule has 0 saturated carbocycles. The third kappa shape index (κ3) is 2.27. The molecule has 1 aromatic heterocycles. The molecular formula is C11H17N3O. The maximum absolute atomic E-state index is 9.22. The minimum atomic E-state index is 0.0650. The minimum absolute atomic E-state index is 0.0650. The maximum atomic E-state index is 9.22. The lowest BCUT2D eigenvalue weighted by Crippen LogP contribution is -2.45. The molecule has 1 aliphatic heterocycles. The van der Waals surface area contributed by atoms with Crippen LogP contribution < -0.4 is 4.90 Å². The van der Waals surface area contributed by atoms with Crippen LogP contribution in [0.15, 0.2) is 18.3 Å². The zero-order valence-corrected chi connectivity index (χ0v) is 9.06. The van der Waals surface area contributed by atoms with Crippen LogP contribution in [-0.2, 0) is 6.61 Å². The smallest absolute Gasteiger partial charge is 0.134 e. The van der Waals surface area contributed by atoms with Gasteiger partial charge in [0.15, 0.2) is 0 Å². The fourth-order valence-corrected chi connectivity index (χ4v) is 1.86. The molecule has 0 amide bonds. The summed E-state index contributed by atoms with van der Waals surface area (Å²) in [5.74, 6) is 0.938. The van der Waals surface area contributed by atoms with Crippen LogP contribution in [0.1, 0.15) is 5.56 Å². The first-order valence-corrected chi connectivity index (χ1v) is 5.29. The molecule has 1 saturated heterocycles. The third-order valence-corrected chi connectivity index (χ3v) is 2.84. The second kappa shape index (κ2) is 4.59. The van der Waals surface area contributed by atoms with Crippen LogP contribution in [0.2, 0.25) is 0 Å². The van der Waals surface area contributed by atoms with Gasteiger partial charge < -0.3 is 14.9 Å². The van der Waals surface area contributed by atoms with Gasteiger partial charge in [-0.2, -0.15) is 0 Å². The largest absolute Gasteiger partial charge is 0.392 e. The van der Waals surface area contributed by atoms with Crippen molar-refractivity contribution in [2.45, 2.75) is 6.61 Å². The maximum Gasteiger partial charge on any atom is 0.134 e. The van der Waals surface area contributed by atoms with Crippen LogP contribution in [0.5, 0.6) is 0 Å². The zero-order valence-electron chi connectivity index (χ0n) is 9.06. The van der Waals surface area contributed by atoms with Crippen molar-refractivity contribution in [3.05, 3.63) is 23.9 Å². The topological polar surface area (TPSA) is 39.6 Å². The molecule has 0 radical (unpaired) electrons. The van der Waals surface area contributed by atoms with E-state index in [-0.39, 0.29) is 6.61 Å². The van der Waals surface area contributed by atoms with E-state index in [9.17, 15) is 5.11 Å². The van der Waals surface area contributed by atoms with Gasteiger partial charge >= 0.3 is 0 Å². The van der Waals surface area contributed by atoms with Gasteiger partial charge in [-0.05, 0) is 13.1 Å². The Bertz CT molecular complexity index is 321. The van der Waals surface area contributed by atoms with Crippen LogP contribution in [0.25, 0.3) is 0 Å². The van der Waals surface area contributed by atoms with E-state index in [0.717, 1.165) is 37.6 Å². The van der Waals surface area contributed by atoms with E-state index < -0.39 is 0 Å². The van der Waals surface area contributed by atoms with Crippen molar-refractivity contribution in [1.29, 1.82) is 0 Å². The van der Waals surface area contributed by atoms with Gasteiger partial charge in [0.05, 0.1) is 6.61 Å². The van der Waals surface area contributed by atoms with Gasteiger partial charge in [-0.3, -0.25) is 0 Å². The summed E-state index contributed by atoms with van der Waals surface area (Å²) in [5, 5.41) is 9.22. The summed E-state index contributed by atoms with van der Waals surface area (Å²) >= 11 is 0. The van der Waals surface area contributed by atoms with E-state index in [1.54, 1.807) is 6.20 Å². The van der Waals surface area contributed by atoms with Crippen molar-refractivity contribution in [2.75, 3.05) is 38.1 Å². The lowest BCUT2D eigenvalue weighted by Gasteiger charge is -2.34. The van der Waals surface area contributed by atoms with Crippen LogP contribution in [0.4, 0.5) is 5.82 Å². The number of aromatic nitrogens is 1. The second-order valence-electron chi connectivity index (χ2n) is 3.93. The Hall–Kier alpha value is -1.13. The predicted octanol–water partition coefficient (Wildman–Crippen LogP) is 0.326. The summed E-state index contributed by atoms with van der Waals surface area (Å²) in [7, 11) is 2.13. The molecule has 0 bridgehead atoms. The predicted molar refractivity (Wildman–Crippen MR) is 59.9 cm³/mol. The Labute approximate surface area is 90.1 Å². The van der Waals surface area contributed by atoms with Crippen LogP contribution in [0.3, 0.4) is 0 Å². The first-order chi connectivity index (χ1) is 7.31. The number of nitrogens with zero attached hydrogens (tertiary/aromatic N) is 3. The summed E-state index contributed by atoms with van der Waals surface area (Å²) in [6.45, 7) is 4.15. The summed E-state index contributed by atoms with van der Waals surface area (Å²) in [5.41, 5.74) is 0.919. The quantitative estimate of drug-likeness (QED) is 0.758. The molecule has 0 spiro atoms. The van der Waals surface area contributed by atoms with E-state index in [4.69, 9.17) is 0 Å². The van der Waals surface area contributed by atoms with Gasteiger partial charge in [0.2, 0.25) is 0 Å². The van der Waals surface area contributed by atoms with E-state index in [2.05, 4.69) is 21.8 Å². The molecule has 0 atom stereocenters. The SMILES string of the molecule is CN1CCN(c2ncccc2CO)CC1. The summed E-state index contributed by atoms with van der Waals surface area (Å²) in [4.78, 5) is 8.89. The molecule has 82 valence electrons.